The van der Waals surface area contributed by atoms with Crippen LogP contribution in [-0.4, -0.2) is 31.9 Å². The molecular formula is C21H22O5. The number of ether oxygens (including phenoxy) is 3. The van der Waals surface area contributed by atoms with E-state index in [9.17, 15) is 4.79 Å². The Kier molecular flexibility index (Phi) is 7.53. The number of benzene rings is 2. The summed E-state index contributed by atoms with van der Waals surface area (Å²) in [6, 6.07) is 15.0. The molecule has 0 bridgehead atoms. The largest absolute Gasteiger partial charge is 0.497 e. The van der Waals surface area contributed by atoms with E-state index in [4.69, 9.17) is 19.3 Å². The van der Waals surface area contributed by atoms with Gasteiger partial charge in [0, 0.05) is 7.11 Å². The summed E-state index contributed by atoms with van der Waals surface area (Å²) >= 11 is 0. The van der Waals surface area contributed by atoms with E-state index in [0.717, 1.165) is 16.9 Å². The zero-order chi connectivity index (χ0) is 18.8. The maximum atomic E-state index is 11.1. The minimum atomic E-state index is -0.887. The van der Waals surface area contributed by atoms with Gasteiger partial charge in [0.25, 0.3) is 0 Å². The van der Waals surface area contributed by atoms with Crippen LogP contribution in [0.25, 0.3) is 0 Å². The summed E-state index contributed by atoms with van der Waals surface area (Å²) in [6.45, 7) is 0.717. The first kappa shape index (κ1) is 19.4. The maximum absolute atomic E-state index is 11.1. The number of hydrogen-bond donors (Lipinski definition) is 1. The smallest absolute Gasteiger partial charge is 0.304 e. The molecule has 26 heavy (non-hydrogen) atoms. The van der Waals surface area contributed by atoms with Gasteiger partial charge in [-0.1, -0.05) is 36.1 Å². The Labute approximate surface area is 153 Å². The predicted octanol–water partition coefficient (Wildman–Crippen LogP) is 3.48. The van der Waals surface area contributed by atoms with Gasteiger partial charge in [0.15, 0.2) is 0 Å². The lowest BCUT2D eigenvalue weighted by Gasteiger charge is -2.11. The SMILES string of the molecule is COCC#CC(CC(=O)O)c1ccc(OCc2ccc(OC)cc2)cc1. The van der Waals surface area contributed by atoms with Gasteiger partial charge in [-0.3, -0.25) is 4.79 Å². The Balaban J connectivity index is 2.00. The van der Waals surface area contributed by atoms with Crippen molar-refractivity contribution in [1.29, 1.82) is 0 Å². The molecule has 2 rings (SSSR count). The van der Waals surface area contributed by atoms with E-state index in [1.165, 1.54) is 0 Å². The van der Waals surface area contributed by atoms with Crippen LogP contribution in [-0.2, 0) is 16.1 Å². The van der Waals surface area contributed by atoms with Gasteiger partial charge in [-0.05, 0) is 35.4 Å². The Bertz CT molecular complexity index is 754. The molecule has 0 aliphatic carbocycles. The van der Waals surface area contributed by atoms with E-state index < -0.39 is 5.97 Å². The molecule has 2 aromatic carbocycles. The summed E-state index contributed by atoms with van der Waals surface area (Å²) in [7, 11) is 3.18. The highest BCUT2D eigenvalue weighted by molar-refractivity contribution is 5.69. The molecular weight excluding hydrogens is 332 g/mol. The zero-order valence-corrected chi connectivity index (χ0v) is 14.9. The van der Waals surface area contributed by atoms with Crippen LogP contribution in [0.3, 0.4) is 0 Å². The molecule has 0 spiro atoms. The van der Waals surface area contributed by atoms with E-state index in [-0.39, 0.29) is 18.9 Å². The lowest BCUT2D eigenvalue weighted by atomic mass is 9.96. The first-order valence-corrected chi connectivity index (χ1v) is 8.17. The summed E-state index contributed by atoms with van der Waals surface area (Å²) < 4.78 is 15.8. The lowest BCUT2D eigenvalue weighted by Crippen LogP contribution is -2.05. The summed E-state index contributed by atoms with van der Waals surface area (Å²) in [6.07, 6.45) is -0.0528. The molecule has 0 heterocycles. The number of aliphatic carboxylic acids is 1. The Hall–Kier alpha value is -2.97. The van der Waals surface area contributed by atoms with Crippen molar-refractivity contribution >= 4 is 5.97 Å². The molecule has 0 saturated carbocycles. The third-order valence-electron chi connectivity index (χ3n) is 3.72. The van der Waals surface area contributed by atoms with Crippen molar-refractivity contribution in [2.75, 3.05) is 20.8 Å². The van der Waals surface area contributed by atoms with Crippen molar-refractivity contribution in [2.24, 2.45) is 0 Å². The van der Waals surface area contributed by atoms with E-state index in [1.807, 2.05) is 48.5 Å². The van der Waals surface area contributed by atoms with Crippen molar-refractivity contribution in [3.63, 3.8) is 0 Å². The number of methoxy groups -OCH3 is 2. The third kappa shape index (κ3) is 6.15. The summed E-state index contributed by atoms with van der Waals surface area (Å²) in [5.41, 5.74) is 1.87. The first-order chi connectivity index (χ1) is 12.6. The fraction of sp³-hybridized carbons (Fsp3) is 0.286. The van der Waals surface area contributed by atoms with Crippen LogP contribution in [0.5, 0.6) is 11.5 Å². The molecule has 1 N–H and O–H groups in total. The fourth-order valence-electron chi connectivity index (χ4n) is 2.35. The Morgan fingerprint density at radius 2 is 1.69 bits per heavy atom. The van der Waals surface area contributed by atoms with Crippen LogP contribution >= 0.6 is 0 Å². The van der Waals surface area contributed by atoms with Crippen LogP contribution in [0.2, 0.25) is 0 Å². The first-order valence-electron chi connectivity index (χ1n) is 8.17. The lowest BCUT2D eigenvalue weighted by molar-refractivity contribution is -0.137. The van der Waals surface area contributed by atoms with Gasteiger partial charge in [0.05, 0.1) is 19.4 Å². The zero-order valence-electron chi connectivity index (χ0n) is 14.9. The minimum Gasteiger partial charge on any atom is -0.497 e. The molecule has 5 nitrogen and oxygen atoms in total. The minimum absolute atomic E-state index is 0.0528. The number of hydrogen-bond acceptors (Lipinski definition) is 4. The molecule has 0 radical (unpaired) electrons. The number of carboxylic acids is 1. The van der Waals surface area contributed by atoms with Crippen molar-refractivity contribution in [3.8, 4) is 23.3 Å². The monoisotopic (exact) mass is 354 g/mol. The average Bonchev–Trinajstić information content (AvgIpc) is 2.66. The highest BCUT2D eigenvalue weighted by Gasteiger charge is 2.13. The number of rotatable bonds is 8. The second-order valence-electron chi connectivity index (χ2n) is 5.61. The van der Waals surface area contributed by atoms with E-state index in [1.54, 1.807) is 14.2 Å². The van der Waals surface area contributed by atoms with Crippen molar-refractivity contribution in [2.45, 2.75) is 18.9 Å². The molecule has 5 heteroatoms. The average molecular weight is 354 g/mol. The van der Waals surface area contributed by atoms with Crippen molar-refractivity contribution in [3.05, 3.63) is 59.7 Å². The molecule has 2 aromatic rings. The maximum Gasteiger partial charge on any atom is 0.304 e. The molecule has 1 unspecified atom stereocenters. The molecule has 0 amide bonds. The van der Waals surface area contributed by atoms with E-state index >= 15 is 0 Å². The normalized spacial score (nSPS) is 11.2. The van der Waals surface area contributed by atoms with Crippen LogP contribution in [0, 0.1) is 11.8 Å². The van der Waals surface area contributed by atoms with Gasteiger partial charge < -0.3 is 19.3 Å². The van der Waals surface area contributed by atoms with Gasteiger partial charge in [0.1, 0.15) is 24.7 Å². The van der Waals surface area contributed by atoms with Gasteiger partial charge in [-0.15, -0.1) is 0 Å². The highest BCUT2D eigenvalue weighted by Crippen LogP contribution is 2.23. The van der Waals surface area contributed by atoms with Crippen LogP contribution < -0.4 is 9.47 Å². The second kappa shape index (κ2) is 10.1. The van der Waals surface area contributed by atoms with Gasteiger partial charge in [-0.2, -0.15) is 0 Å². The summed E-state index contributed by atoms with van der Waals surface area (Å²) in [5, 5.41) is 9.07. The van der Waals surface area contributed by atoms with Crippen LogP contribution in [0.1, 0.15) is 23.5 Å². The summed E-state index contributed by atoms with van der Waals surface area (Å²) in [4.78, 5) is 11.1. The molecule has 0 aliphatic heterocycles. The molecule has 0 aromatic heterocycles. The molecule has 0 aliphatic rings. The summed E-state index contributed by atoms with van der Waals surface area (Å²) in [5.74, 6) is 6.03. The highest BCUT2D eigenvalue weighted by atomic mass is 16.5. The van der Waals surface area contributed by atoms with Gasteiger partial charge >= 0.3 is 5.97 Å². The fourth-order valence-corrected chi connectivity index (χ4v) is 2.35. The standard InChI is InChI=1S/C21H22O5/c1-24-13-3-4-18(14-21(22)23)17-7-11-20(12-8-17)26-15-16-5-9-19(25-2)10-6-16/h5-12,18H,13-15H2,1-2H3,(H,22,23). The Morgan fingerprint density at radius 3 is 2.27 bits per heavy atom. The predicted molar refractivity (Wildman–Crippen MR) is 98.4 cm³/mol. The molecule has 0 saturated heterocycles. The van der Waals surface area contributed by atoms with E-state index in [2.05, 4.69) is 11.8 Å². The number of carboxylic acid groups (broad SMARTS) is 1. The number of carbonyl (C=O) groups is 1. The van der Waals surface area contributed by atoms with Crippen molar-refractivity contribution in [1.82, 2.24) is 0 Å². The topological polar surface area (TPSA) is 65.0 Å². The van der Waals surface area contributed by atoms with Crippen molar-refractivity contribution < 1.29 is 24.1 Å². The second-order valence-corrected chi connectivity index (χ2v) is 5.61. The van der Waals surface area contributed by atoms with Crippen LogP contribution in [0.4, 0.5) is 0 Å². The Morgan fingerprint density at radius 1 is 1.04 bits per heavy atom. The third-order valence-corrected chi connectivity index (χ3v) is 3.72. The molecule has 136 valence electrons. The molecule has 1 atom stereocenters. The van der Waals surface area contributed by atoms with Gasteiger partial charge in [-0.25, -0.2) is 0 Å². The quantitative estimate of drug-likeness (QED) is 0.735. The van der Waals surface area contributed by atoms with E-state index in [0.29, 0.717) is 12.4 Å². The van der Waals surface area contributed by atoms with Gasteiger partial charge in [0.2, 0.25) is 0 Å². The van der Waals surface area contributed by atoms with Crippen LogP contribution in [0.15, 0.2) is 48.5 Å². The molecule has 0 fully saturated rings.